The molecule has 2 rings (SSSR count). The van der Waals surface area contributed by atoms with Crippen molar-refractivity contribution in [1.29, 1.82) is 0 Å². The largest absolute Gasteiger partial charge is 0.421 e. The van der Waals surface area contributed by atoms with Gasteiger partial charge in [-0.3, -0.25) is 15.1 Å². The van der Waals surface area contributed by atoms with Gasteiger partial charge in [-0.1, -0.05) is 6.07 Å². The highest BCUT2D eigenvalue weighted by molar-refractivity contribution is 5.91. The molecule has 0 N–H and O–H groups in total. The SMILES string of the molecule is Cc1ccc(OC(=O)c2ccc(C)c([N+](=O)[O-])c2)cn1. The van der Waals surface area contributed by atoms with Crippen LogP contribution in [-0.2, 0) is 0 Å². The Hall–Kier alpha value is -2.76. The molecule has 1 aromatic heterocycles. The second-order valence-corrected chi connectivity index (χ2v) is 4.28. The smallest absolute Gasteiger partial charge is 0.343 e. The van der Waals surface area contributed by atoms with Crippen molar-refractivity contribution in [2.45, 2.75) is 13.8 Å². The van der Waals surface area contributed by atoms with Crippen LogP contribution in [-0.4, -0.2) is 15.9 Å². The topological polar surface area (TPSA) is 82.3 Å². The van der Waals surface area contributed by atoms with E-state index < -0.39 is 10.9 Å². The summed E-state index contributed by atoms with van der Waals surface area (Å²) < 4.78 is 5.11. The van der Waals surface area contributed by atoms with Gasteiger partial charge in [0.05, 0.1) is 16.7 Å². The number of ether oxygens (including phenoxy) is 1. The highest BCUT2D eigenvalue weighted by Crippen LogP contribution is 2.20. The summed E-state index contributed by atoms with van der Waals surface area (Å²) in [6.45, 7) is 3.42. The number of aryl methyl sites for hydroxylation is 2. The van der Waals surface area contributed by atoms with Crippen LogP contribution in [0.5, 0.6) is 5.75 Å². The van der Waals surface area contributed by atoms with Crippen LogP contribution in [0.1, 0.15) is 21.6 Å². The number of esters is 1. The number of hydrogen-bond donors (Lipinski definition) is 0. The minimum atomic E-state index is -0.654. The first kappa shape index (κ1) is 13.7. The highest BCUT2D eigenvalue weighted by atomic mass is 16.6. The van der Waals surface area contributed by atoms with Gasteiger partial charge in [0.15, 0.2) is 0 Å². The third-order valence-electron chi connectivity index (χ3n) is 2.74. The van der Waals surface area contributed by atoms with Crippen molar-refractivity contribution in [1.82, 2.24) is 4.98 Å². The van der Waals surface area contributed by atoms with E-state index in [0.29, 0.717) is 11.3 Å². The van der Waals surface area contributed by atoms with E-state index in [1.165, 1.54) is 24.4 Å². The van der Waals surface area contributed by atoms with Crippen molar-refractivity contribution >= 4 is 11.7 Å². The molecule has 0 bridgehead atoms. The first-order chi connectivity index (χ1) is 9.47. The van der Waals surface area contributed by atoms with Gasteiger partial charge in [0.25, 0.3) is 5.69 Å². The lowest BCUT2D eigenvalue weighted by atomic mass is 10.1. The maximum absolute atomic E-state index is 11.9. The molecule has 0 fully saturated rings. The van der Waals surface area contributed by atoms with Crippen LogP contribution in [0.15, 0.2) is 36.5 Å². The van der Waals surface area contributed by atoms with Gasteiger partial charge in [0, 0.05) is 17.3 Å². The van der Waals surface area contributed by atoms with Gasteiger partial charge in [-0.2, -0.15) is 0 Å². The zero-order chi connectivity index (χ0) is 14.7. The zero-order valence-corrected chi connectivity index (χ0v) is 11.0. The molecule has 0 aliphatic rings. The van der Waals surface area contributed by atoms with Gasteiger partial charge >= 0.3 is 5.97 Å². The van der Waals surface area contributed by atoms with Crippen molar-refractivity contribution in [2.24, 2.45) is 0 Å². The summed E-state index contributed by atoms with van der Waals surface area (Å²) in [5.41, 5.74) is 1.31. The third kappa shape index (κ3) is 2.97. The van der Waals surface area contributed by atoms with E-state index in [9.17, 15) is 14.9 Å². The van der Waals surface area contributed by atoms with Gasteiger partial charge in [-0.25, -0.2) is 4.79 Å². The Kier molecular flexibility index (Phi) is 3.74. The lowest BCUT2D eigenvalue weighted by molar-refractivity contribution is -0.385. The van der Waals surface area contributed by atoms with Crippen LogP contribution in [0.25, 0.3) is 0 Å². The molecule has 0 aliphatic heterocycles. The van der Waals surface area contributed by atoms with Crippen LogP contribution < -0.4 is 4.74 Å². The summed E-state index contributed by atoms with van der Waals surface area (Å²) >= 11 is 0. The number of rotatable bonds is 3. The molecule has 0 saturated carbocycles. The molecule has 1 aromatic carbocycles. The summed E-state index contributed by atoms with van der Waals surface area (Å²) in [4.78, 5) is 26.2. The highest BCUT2D eigenvalue weighted by Gasteiger charge is 2.16. The Labute approximate surface area is 115 Å². The van der Waals surface area contributed by atoms with Gasteiger partial charge in [0.1, 0.15) is 5.75 Å². The monoisotopic (exact) mass is 272 g/mol. The number of carbonyl (C=O) groups excluding carboxylic acids is 1. The molecule has 0 spiro atoms. The predicted octanol–water partition coefficient (Wildman–Crippen LogP) is 2.83. The third-order valence-corrected chi connectivity index (χ3v) is 2.74. The lowest BCUT2D eigenvalue weighted by Gasteiger charge is -2.05. The fourth-order valence-corrected chi connectivity index (χ4v) is 1.61. The molecule has 0 unspecified atom stereocenters. The molecule has 0 aliphatic carbocycles. The number of nitro groups is 1. The van der Waals surface area contributed by atoms with Crippen LogP contribution >= 0.6 is 0 Å². The van der Waals surface area contributed by atoms with E-state index in [0.717, 1.165) is 5.69 Å². The average molecular weight is 272 g/mol. The van der Waals surface area contributed by atoms with E-state index in [4.69, 9.17) is 4.74 Å². The number of nitrogens with zero attached hydrogens (tertiary/aromatic N) is 2. The quantitative estimate of drug-likeness (QED) is 0.487. The van der Waals surface area contributed by atoms with Gasteiger partial charge < -0.3 is 4.74 Å². The number of carbonyl (C=O) groups is 1. The molecule has 0 saturated heterocycles. The minimum absolute atomic E-state index is 0.110. The molecule has 0 radical (unpaired) electrons. The molecular weight excluding hydrogens is 260 g/mol. The Morgan fingerprint density at radius 3 is 2.60 bits per heavy atom. The maximum Gasteiger partial charge on any atom is 0.343 e. The fourth-order valence-electron chi connectivity index (χ4n) is 1.61. The Bertz CT molecular complexity index is 665. The number of hydrogen-bond acceptors (Lipinski definition) is 5. The standard InChI is InChI=1S/C14H12N2O4/c1-9-3-5-11(7-13(9)16(18)19)14(17)20-12-6-4-10(2)15-8-12/h3-8H,1-2H3. The molecule has 6 heteroatoms. The fraction of sp³-hybridized carbons (Fsp3) is 0.143. The van der Waals surface area contributed by atoms with E-state index >= 15 is 0 Å². The molecule has 6 nitrogen and oxygen atoms in total. The Morgan fingerprint density at radius 2 is 2.00 bits per heavy atom. The van der Waals surface area contributed by atoms with Gasteiger partial charge in [-0.05, 0) is 32.0 Å². The van der Waals surface area contributed by atoms with Crippen molar-refractivity contribution in [3.05, 3.63) is 63.5 Å². The first-order valence-electron chi connectivity index (χ1n) is 5.87. The minimum Gasteiger partial charge on any atom is -0.421 e. The molecule has 2 aromatic rings. The number of aromatic nitrogens is 1. The normalized spacial score (nSPS) is 10.1. The second kappa shape index (κ2) is 5.48. The van der Waals surface area contributed by atoms with E-state index in [1.807, 2.05) is 6.92 Å². The maximum atomic E-state index is 11.9. The van der Waals surface area contributed by atoms with Crippen LogP contribution in [0.2, 0.25) is 0 Å². The molecule has 102 valence electrons. The molecule has 1 heterocycles. The Balaban J connectivity index is 2.23. The summed E-state index contributed by atoms with van der Waals surface area (Å²) in [6.07, 6.45) is 1.43. The van der Waals surface area contributed by atoms with Crippen molar-refractivity contribution in [3.8, 4) is 5.75 Å². The Morgan fingerprint density at radius 1 is 1.25 bits per heavy atom. The molecular formula is C14H12N2O4. The van der Waals surface area contributed by atoms with Crippen molar-refractivity contribution in [3.63, 3.8) is 0 Å². The lowest BCUT2D eigenvalue weighted by Crippen LogP contribution is -2.09. The van der Waals surface area contributed by atoms with Crippen LogP contribution in [0.4, 0.5) is 5.69 Å². The van der Waals surface area contributed by atoms with Crippen LogP contribution in [0.3, 0.4) is 0 Å². The van der Waals surface area contributed by atoms with Crippen molar-refractivity contribution < 1.29 is 14.5 Å². The van der Waals surface area contributed by atoms with Crippen molar-refractivity contribution in [2.75, 3.05) is 0 Å². The van der Waals surface area contributed by atoms with E-state index in [2.05, 4.69) is 4.98 Å². The second-order valence-electron chi connectivity index (χ2n) is 4.28. The summed E-state index contributed by atoms with van der Waals surface area (Å²) in [5.74, 6) is -0.359. The zero-order valence-electron chi connectivity index (χ0n) is 11.0. The van der Waals surface area contributed by atoms with Crippen LogP contribution in [0, 0.1) is 24.0 Å². The molecule has 20 heavy (non-hydrogen) atoms. The summed E-state index contributed by atoms with van der Waals surface area (Å²) in [6, 6.07) is 7.54. The van der Waals surface area contributed by atoms with E-state index in [1.54, 1.807) is 19.1 Å². The van der Waals surface area contributed by atoms with Gasteiger partial charge in [-0.15, -0.1) is 0 Å². The first-order valence-corrected chi connectivity index (χ1v) is 5.87. The van der Waals surface area contributed by atoms with E-state index in [-0.39, 0.29) is 11.3 Å². The predicted molar refractivity (Wildman–Crippen MR) is 71.8 cm³/mol. The number of benzene rings is 1. The number of nitro benzene ring substituents is 1. The average Bonchev–Trinajstić information content (AvgIpc) is 2.41. The molecule has 0 amide bonds. The molecule has 0 atom stereocenters. The summed E-state index contributed by atoms with van der Waals surface area (Å²) in [7, 11) is 0. The summed E-state index contributed by atoms with van der Waals surface area (Å²) in [5, 5.41) is 10.8. The number of pyridine rings is 1. The van der Waals surface area contributed by atoms with Gasteiger partial charge in [0.2, 0.25) is 0 Å².